The number of hydrogen-bond acceptors (Lipinski definition) is 4. The predicted molar refractivity (Wildman–Crippen MR) is 71.9 cm³/mol. The van der Waals surface area contributed by atoms with Gasteiger partial charge >= 0.3 is 0 Å². The summed E-state index contributed by atoms with van der Waals surface area (Å²) in [5.41, 5.74) is 5.49. The summed E-state index contributed by atoms with van der Waals surface area (Å²) in [5.74, 6) is -0.587. The number of likely N-dealkylation sites (N-methyl/N-ethyl adjacent to an activating group) is 1. The van der Waals surface area contributed by atoms with Gasteiger partial charge in [0, 0.05) is 20.2 Å². The van der Waals surface area contributed by atoms with Crippen LogP contribution in [0.1, 0.15) is 12.5 Å². The average Bonchev–Trinajstić information content (AvgIpc) is 2.35. The van der Waals surface area contributed by atoms with Gasteiger partial charge in [-0.2, -0.15) is 4.31 Å². The molecule has 0 aliphatic carbocycles. The Morgan fingerprint density at radius 2 is 2.05 bits per heavy atom. The highest BCUT2D eigenvalue weighted by Crippen LogP contribution is 2.22. The molecular formula is C12H19FN2O3S. The van der Waals surface area contributed by atoms with Crippen molar-refractivity contribution >= 4 is 15.7 Å². The Kier molecular flexibility index (Phi) is 5.28. The van der Waals surface area contributed by atoms with E-state index in [0.29, 0.717) is 13.2 Å². The minimum Gasteiger partial charge on any atom is -0.396 e. The zero-order valence-corrected chi connectivity index (χ0v) is 12.1. The Morgan fingerprint density at radius 1 is 1.42 bits per heavy atom. The molecule has 7 heteroatoms. The van der Waals surface area contributed by atoms with Crippen molar-refractivity contribution in [3.05, 3.63) is 23.5 Å². The lowest BCUT2D eigenvalue weighted by Gasteiger charge is -2.18. The fraction of sp³-hybridized carbons (Fsp3) is 0.500. The monoisotopic (exact) mass is 290 g/mol. The van der Waals surface area contributed by atoms with Crippen LogP contribution in [0.3, 0.4) is 0 Å². The van der Waals surface area contributed by atoms with E-state index in [4.69, 9.17) is 10.5 Å². The van der Waals surface area contributed by atoms with Crippen molar-refractivity contribution in [3.8, 4) is 0 Å². The van der Waals surface area contributed by atoms with Crippen molar-refractivity contribution in [1.82, 2.24) is 4.31 Å². The fourth-order valence-corrected chi connectivity index (χ4v) is 2.83. The summed E-state index contributed by atoms with van der Waals surface area (Å²) in [6.07, 6.45) is 0. The molecule has 0 atom stereocenters. The number of halogens is 1. The van der Waals surface area contributed by atoms with E-state index >= 15 is 0 Å². The summed E-state index contributed by atoms with van der Waals surface area (Å²) >= 11 is 0. The van der Waals surface area contributed by atoms with E-state index in [0.717, 1.165) is 10.4 Å². The van der Waals surface area contributed by atoms with Gasteiger partial charge in [-0.3, -0.25) is 0 Å². The van der Waals surface area contributed by atoms with E-state index in [2.05, 4.69) is 0 Å². The number of anilines is 1. The number of rotatable bonds is 6. The van der Waals surface area contributed by atoms with Gasteiger partial charge in [-0.15, -0.1) is 0 Å². The first-order chi connectivity index (χ1) is 8.80. The molecule has 2 N–H and O–H groups in total. The first kappa shape index (κ1) is 15.9. The van der Waals surface area contributed by atoms with Crippen LogP contribution in [0.2, 0.25) is 0 Å². The summed E-state index contributed by atoms with van der Waals surface area (Å²) < 4.78 is 44.1. The second-order valence-corrected chi connectivity index (χ2v) is 6.21. The molecule has 0 aromatic heterocycles. The maximum Gasteiger partial charge on any atom is 0.242 e. The molecule has 0 saturated carbocycles. The van der Waals surface area contributed by atoms with Gasteiger partial charge in [-0.1, -0.05) is 0 Å². The molecule has 0 radical (unpaired) electrons. The summed E-state index contributed by atoms with van der Waals surface area (Å²) in [5, 5.41) is 0. The molecule has 0 saturated heterocycles. The molecule has 0 spiro atoms. The maximum atomic E-state index is 13.4. The maximum absolute atomic E-state index is 13.4. The smallest absolute Gasteiger partial charge is 0.242 e. The van der Waals surface area contributed by atoms with Gasteiger partial charge in [0.2, 0.25) is 10.0 Å². The van der Waals surface area contributed by atoms with Crippen molar-refractivity contribution in [2.75, 3.05) is 32.5 Å². The van der Waals surface area contributed by atoms with Gasteiger partial charge in [0.05, 0.1) is 17.2 Å². The second kappa shape index (κ2) is 6.31. The minimum absolute atomic E-state index is 0.0112. The fourth-order valence-electron chi connectivity index (χ4n) is 1.55. The van der Waals surface area contributed by atoms with E-state index in [1.165, 1.54) is 20.0 Å². The lowest BCUT2D eigenvalue weighted by atomic mass is 10.2. The quantitative estimate of drug-likeness (QED) is 0.634. The normalized spacial score (nSPS) is 12.1. The van der Waals surface area contributed by atoms with Gasteiger partial charge in [0.15, 0.2) is 0 Å². The van der Waals surface area contributed by atoms with Crippen molar-refractivity contribution < 1.29 is 17.5 Å². The standard InChI is InChI=1S/C12H19FN2O3S/c1-4-18-6-5-15(3)19(16,17)10-7-9(2)12(13)11(14)8-10/h7-8H,4-6,14H2,1-3H3. The number of nitrogen functional groups attached to an aromatic ring is 1. The van der Waals surface area contributed by atoms with Crippen LogP contribution in [-0.4, -0.2) is 39.5 Å². The van der Waals surface area contributed by atoms with Crippen molar-refractivity contribution in [1.29, 1.82) is 0 Å². The highest BCUT2D eigenvalue weighted by Gasteiger charge is 2.22. The minimum atomic E-state index is -3.67. The number of hydrogen-bond donors (Lipinski definition) is 1. The van der Waals surface area contributed by atoms with Crippen molar-refractivity contribution in [3.63, 3.8) is 0 Å². The highest BCUT2D eigenvalue weighted by atomic mass is 32.2. The second-order valence-electron chi connectivity index (χ2n) is 4.17. The number of aryl methyl sites for hydroxylation is 1. The van der Waals surface area contributed by atoms with Crippen LogP contribution in [0.4, 0.5) is 10.1 Å². The van der Waals surface area contributed by atoms with Crippen LogP contribution in [-0.2, 0) is 14.8 Å². The number of sulfonamides is 1. The van der Waals surface area contributed by atoms with Crippen molar-refractivity contribution in [2.45, 2.75) is 18.7 Å². The Hall–Kier alpha value is -1.18. The van der Waals surface area contributed by atoms with E-state index in [-0.39, 0.29) is 22.7 Å². The summed E-state index contributed by atoms with van der Waals surface area (Å²) in [4.78, 5) is -0.0112. The molecular weight excluding hydrogens is 271 g/mol. The SMILES string of the molecule is CCOCCN(C)S(=O)(=O)c1cc(C)c(F)c(N)c1. The van der Waals surface area contributed by atoms with Crippen LogP contribution in [0, 0.1) is 12.7 Å². The molecule has 0 aliphatic heterocycles. The molecule has 0 unspecified atom stereocenters. The Balaban J connectivity index is 3.00. The molecule has 1 aromatic rings. The Bertz CT molecular complexity index is 523. The molecule has 19 heavy (non-hydrogen) atoms. The van der Waals surface area contributed by atoms with E-state index in [1.54, 1.807) is 0 Å². The largest absolute Gasteiger partial charge is 0.396 e. The molecule has 0 aliphatic rings. The molecule has 5 nitrogen and oxygen atoms in total. The zero-order valence-electron chi connectivity index (χ0n) is 11.3. The molecule has 0 bridgehead atoms. The molecule has 1 aromatic carbocycles. The number of nitrogens with zero attached hydrogens (tertiary/aromatic N) is 1. The third kappa shape index (κ3) is 3.65. The lowest BCUT2D eigenvalue weighted by Crippen LogP contribution is -2.30. The molecule has 1 rings (SSSR count). The van der Waals surface area contributed by atoms with Crippen molar-refractivity contribution in [2.24, 2.45) is 0 Å². The Labute approximate surface area is 113 Å². The van der Waals surface area contributed by atoms with E-state index in [9.17, 15) is 12.8 Å². The highest BCUT2D eigenvalue weighted by molar-refractivity contribution is 7.89. The molecule has 0 heterocycles. The van der Waals surface area contributed by atoms with Gasteiger partial charge < -0.3 is 10.5 Å². The van der Waals surface area contributed by atoms with Crippen LogP contribution in [0.15, 0.2) is 17.0 Å². The summed E-state index contributed by atoms with van der Waals surface area (Å²) in [7, 11) is -2.23. The number of benzene rings is 1. The van der Waals surface area contributed by atoms with Gasteiger partial charge in [0.25, 0.3) is 0 Å². The first-order valence-corrected chi connectivity index (χ1v) is 7.34. The van der Waals surface area contributed by atoms with Gasteiger partial charge in [-0.05, 0) is 31.5 Å². The molecule has 0 fully saturated rings. The van der Waals surface area contributed by atoms with Crippen LogP contribution < -0.4 is 5.73 Å². The van der Waals surface area contributed by atoms with Crippen LogP contribution in [0.25, 0.3) is 0 Å². The topological polar surface area (TPSA) is 72.6 Å². The molecule has 108 valence electrons. The van der Waals surface area contributed by atoms with E-state index in [1.807, 2.05) is 6.92 Å². The first-order valence-electron chi connectivity index (χ1n) is 5.90. The van der Waals surface area contributed by atoms with Crippen LogP contribution in [0.5, 0.6) is 0 Å². The third-order valence-corrected chi connectivity index (χ3v) is 4.55. The summed E-state index contributed by atoms with van der Waals surface area (Å²) in [6.45, 7) is 4.37. The molecule has 0 amide bonds. The Morgan fingerprint density at radius 3 is 2.58 bits per heavy atom. The predicted octanol–water partition coefficient (Wildman–Crippen LogP) is 1.37. The lowest BCUT2D eigenvalue weighted by molar-refractivity contribution is 0.138. The van der Waals surface area contributed by atoms with Gasteiger partial charge in [0.1, 0.15) is 5.82 Å². The third-order valence-electron chi connectivity index (χ3n) is 2.72. The average molecular weight is 290 g/mol. The number of nitrogens with two attached hydrogens (primary N) is 1. The van der Waals surface area contributed by atoms with Gasteiger partial charge in [-0.25, -0.2) is 12.8 Å². The number of ether oxygens (including phenoxy) is 1. The zero-order chi connectivity index (χ0) is 14.6. The summed E-state index contributed by atoms with van der Waals surface area (Å²) in [6, 6.07) is 2.41. The van der Waals surface area contributed by atoms with E-state index < -0.39 is 15.8 Å². The van der Waals surface area contributed by atoms with Crippen LogP contribution >= 0.6 is 0 Å².